The van der Waals surface area contributed by atoms with Crippen LogP contribution in [0, 0.1) is 11.8 Å². The summed E-state index contributed by atoms with van der Waals surface area (Å²) >= 11 is 6.56. The second kappa shape index (κ2) is 13.3. The molecule has 42 heavy (non-hydrogen) atoms. The van der Waals surface area contributed by atoms with Crippen molar-refractivity contribution in [2.24, 2.45) is 11.8 Å². The summed E-state index contributed by atoms with van der Waals surface area (Å²) < 4.78 is 27.9. The number of hydrogen-bond acceptors (Lipinski definition) is 5. The number of anilines is 1. The Kier molecular flexibility index (Phi) is 9.70. The summed E-state index contributed by atoms with van der Waals surface area (Å²) in [5, 5.41) is 20.8. The molecule has 3 aliphatic rings. The van der Waals surface area contributed by atoms with Crippen LogP contribution in [0.1, 0.15) is 60.9 Å². The molecule has 5 rings (SSSR count). The van der Waals surface area contributed by atoms with E-state index >= 15 is 0 Å². The molecule has 10 heteroatoms. The lowest BCUT2D eigenvalue weighted by atomic mass is 9.82. The van der Waals surface area contributed by atoms with Gasteiger partial charge in [0.2, 0.25) is 5.60 Å². The van der Waals surface area contributed by atoms with E-state index < -0.39 is 17.9 Å². The van der Waals surface area contributed by atoms with Crippen LogP contribution < -0.4 is 4.90 Å². The number of likely N-dealkylation sites (tertiary alicyclic amines) is 2. The third-order valence-corrected chi connectivity index (χ3v) is 9.75. The first-order chi connectivity index (χ1) is 20.2. The Bertz CT molecular complexity index is 1240. The summed E-state index contributed by atoms with van der Waals surface area (Å²) in [6, 6.07) is 12.9. The van der Waals surface area contributed by atoms with Gasteiger partial charge in [0.1, 0.15) is 0 Å². The zero-order chi connectivity index (χ0) is 29.9. The molecule has 0 aliphatic carbocycles. The van der Waals surface area contributed by atoms with E-state index in [0.717, 1.165) is 63.7 Å². The molecule has 0 spiro atoms. The first kappa shape index (κ1) is 30.7. The predicted molar refractivity (Wildman–Crippen MR) is 158 cm³/mol. The summed E-state index contributed by atoms with van der Waals surface area (Å²) in [6.07, 6.45) is 3.01. The number of hydrogen-bond donors (Lipinski definition) is 2. The quantitative estimate of drug-likeness (QED) is 0.447. The maximum absolute atomic E-state index is 13.9. The maximum Gasteiger partial charge on any atom is 0.280 e. The summed E-state index contributed by atoms with van der Waals surface area (Å²) in [5.74, 6) is -0.100. The van der Waals surface area contributed by atoms with Crippen molar-refractivity contribution in [3.8, 4) is 0 Å². The number of halogens is 3. The lowest BCUT2D eigenvalue weighted by Gasteiger charge is -2.39. The minimum Gasteiger partial charge on any atom is -0.394 e. The fourth-order valence-electron chi connectivity index (χ4n) is 6.87. The Morgan fingerprint density at radius 3 is 2.17 bits per heavy atom. The van der Waals surface area contributed by atoms with E-state index in [2.05, 4.69) is 4.90 Å². The van der Waals surface area contributed by atoms with Crippen LogP contribution in [-0.2, 0) is 10.4 Å². The number of benzene rings is 2. The molecule has 3 fully saturated rings. The van der Waals surface area contributed by atoms with E-state index in [0.29, 0.717) is 42.1 Å². The highest BCUT2D eigenvalue weighted by Crippen LogP contribution is 2.36. The molecule has 3 aliphatic heterocycles. The number of piperidine rings is 2. The molecule has 0 aromatic heterocycles. The van der Waals surface area contributed by atoms with Gasteiger partial charge in [0.25, 0.3) is 18.2 Å². The number of carbonyl (C=O) groups is 2. The highest BCUT2D eigenvalue weighted by atomic mass is 35.5. The molecule has 2 amide bonds. The monoisotopic (exact) mass is 603 g/mol. The van der Waals surface area contributed by atoms with Gasteiger partial charge in [-0.2, -0.15) is 0 Å². The maximum atomic E-state index is 13.9. The molecule has 2 atom stereocenters. The largest absolute Gasteiger partial charge is 0.394 e. The van der Waals surface area contributed by atoms with Gasteiger partial charge in [0.15, 0.2) is 0 Å². The van der Waals surface area contributed by atoms with Crippen molar-refractivity contribution in [2.45, 2.75) is 63.0 Å². The second-order valence-electron chi connectivity index (χ2n) is 12.0. The average Bonchev–Trinajstić information content (AvgIpc) is 3.50. The normalized spacial score (nSPS) is 22.0. The molecule has 228 valence electrons. The third-order valence-electron chi connectivity index (χ3n) is 9.44. The lowest BCUT2D eigenvalue weighted by Crippen LogP contribution is -2.53. The molecule has 2 aromatic carbocycles. The molecule has 3 saturated heterocycles. The smallest absolute Gasteiger partial charge is 0.280 e. The Morgan fingerprint density at radius 1 is 0.929 bits per heavy atom. The molecule has 2 aromatic rings. The molecule has 3 heterocycles. The van der Waals surface area contributed by atoms with Crippen molar-refractivity contribution in [3.05, 3.63) is 64.7 Å². The molecule has 2 N–H and O–H groups in total. The Labute approximate surface area is 251 Å². The SMILES string of the molecule is O=C(c1ccc(N2CCC(CC3CCN(C(=O)C(O)(c4ccccc4)C(F)F)CC3)CC2)cc1Cl)N1CCC[C@H]1CO. The van der Waals surface area contributed by atoms with Crippen LogP contribution in [0.2, 0.25) is 5.02 Å². The molecular weight excluding hydrogens is 564 g/mol. The standard InChI is InChI=1S/C32H40ClF2N3O4/c33-28-20-25(8-9-27(28)29(40)38-14-4-7-26(38)21-39)36-15-10-22(11-16-36)19-23-12-17-37(18-13-23)31(41)32(42,30(34)35)24-5-2-1-3-6-24/h1-3,5-6,8-9,20,22-23,26,30,39,42H,4,7,10-19,21H2/t26-,32?/m0/s1. The number of aliphatic hydroxyl groups excluding tert-OH is 1. The van der Waals surface area contributed by atoms with E-state index in [1.807, 2.05) is 12.1 Å². The first-order valence-electron chi connectivity index (χ1n) is 15.0. The van der Waals surface area contributed by atoms with Gasteiger partial charge in [0.05, 0.1) is 23.2 Å². The van der Waals surface area contributed by atoms with Crippen LogP contribution in [0.5, 0.6) is 0 Å². The summed E-state index contributed by atoms with van der Waals surface area (Å²) in [4.78, 5) is 31.5. The number of amides is 2. The first-order valence-corrected chi connectivity index (χ1v) is 15.4. The van der Waals surface area contributed by atoms with Crippen LogP contribution in [0.3, 0.4) is 0 Å². The Hall–Kier alpha value is -2.75. The van der Waals surface area contributed by atoms with Crippen LogP contribution in [0.4, 0.5) is 14.5 Å². The van der Waals surface area contributed by atoms with Gasteiger partial charge >= 0.3 is 0 Å². The highest BCUT2D eigenvalue weighted by molar-refractivity contribution is 6.34. The Morgan fingerprint density at radius 2 is 1.57 bits per heavy atom. The Balaban J connectivity index is 1.10. The van der Waals surface area contributed by atoms with Gasteiger partial charge in [0, 0.05) is 38.4 Å². The van der Waals surface area contributed by atoms with E-state index in [9.17, 15) is 28.6 Å². The van der Waals surface area contributed by atoms with Crippen molar-refractivity contribution in [1.29, 1.82) is 0 Å². The van der Waals surface area contributed by atoms with Gasteiger partial charge in [-0.15, -0.1) is 0 Å². The van der Waals surface area contributed by atoms with Crippen molar-refractivity contribution in [3.63, 3.8) is 0 Å². The molecule has 7 nitrogen and oxygen atoms in total. The highest BCUT2D eigenvalue weighted by Gasteiger charge is 2.49. The fourth-order valence-corrected chi connectivity index (χ4v) is 7.12. The third kappa shape index (κ3) is 6.29. The molecular formula is C32H40ClF2N3O4. The van der Waals surface area contributed by atoms with Crippen molar-refractivity contribution >= 4 is 29.1 Å². The number of alkyl halides is 2. The summed E-state index contributed by atoms with van der Waals surface area (Å²) in [5.41, 5.74) is -1.45. The van der Waals surface area contributed by atoms with Crippen molar-refractivity contribution in [2.75, 3.05) is 44.2 Å². The number of aliphatic hydroxyl groups is 2. The van der Waals surface area contributed by atoms with Gasteiger partial charge < -0.3 is 24.9 Å². The van der Waals surface area contributed by atoms with E-state index in [1.54, 1.807) is 29.2 Å². The van der Waals surface area contributed by atoms with E-state index in [-0.39, 0.29) is 24.1 Å². The topological polar surface area (TPSA) is 84.3 Å². The van der Waals surface area contributed by atoms with Crippen LogP contribution in [0.25, 0.3) is 0 Å². The van der Waals surface area contributed by atoms with Crippen LogP contribution in [-0.4, -0.2) is 83.6 Å². The van der Waals surface area contributed by atoms with Crippen molar-refractivity contribution < 1.29 is 28.6 Å². The van der Waals surface area contributed by atoms with Gasteiger partial charge in [-0.25, -0.2) is 8.78 Å². The minimum atomic E-state index is -3.22. The number of rotatable bonds is 8. The zero-order valence-corrected chi connectivity index (χ0v) is 24.6. The van der Waals surface area contributed by atoms with Gasteiger partial charge in [-0.3, -0.25) is 9.59 Å². The number of nitrogens with zero attached hydrogens (tertiary/aromatic N) is 3. The molecule has 0 bridgehead atoms. The summed E-state index contributed by atoms with van der Waals surface area (Å²) in [7, 11) is 0. The average molecular weight is 604 g/mol. The summed E-state index contributed by atoms with van der Waals surface area (Å²) in [6.45, 7) is 3.08. The zero-order valence-electron chi connectivity index (χ0n) is 23.8. The second-order valence-corrected chi connectivity index (χ2v) is 12.4. The van der Waals surface area contributed by atoms with E-state index in [4.69, 9.17) is 11.6 Å². The molecule has 0 saturated carbocycles. The molecule has 1 unspecified atom stereocenters. The van der Waals surface area contributed by atoms with Crippen molar-refractivity contribution in [1.82, 2.24) is 9.80 Å². The van der Waals surface area contributed by atoms with E-state index in [1.165, 1.54) is 17.0 Å². The van der Waals surface area contributed by atoms with Gasteiger partial charge in [-0.05, 0) is 80.5 Å². The fraction of sp³-hybridized carbons (Fsp3) is 0.562. The predicted octanol–water partition coefficient (Wildman–Crippen LogP) is 4.93. The molecule has 0 radical (unpaired) electrons. The number of carbonyl (C=O) groups excluding carboxylic acids is 2. The minimum absolute atomic E-state index is 0.0378. The lowest BCUT2D eigenvalue weighted by molar-refractivity contribution is -0.173. The van der Waals surface area contributed by atoms with Crippen LogP contribution in [0.15, 0.2) is 48.5 Å². The van der Waals surface area contributed by atoms with Crippen LogP contribution >= 0.6 is 11.6 Å². The van der Waals surface area contributed by atoms with Gasteiger partial charge in [-0.1, -0.05) is 41.9 Å².